The molecule has 0 atom stereocenters. The summed E-state index contributed by atoms with van der Waals surface area (Å²) in [5.41, 5.74) is 0.0426. The molecule has 2 N–H and O–H groups in total. The fraction of sp³-hybridized carbons (Fsp3) is 0.0833. The van der Waals surface area contributed by atoms with Gasteiger partial charge in [-0.25, -0.2) is 8.78 Å². The Morgan fingerprint density at radius 3 is 2.26 bits per heavy atom. The van der Waals surface area contributed by atoms with E-state index < -0.39 is 34.7 Å². The third-order valence-corrected chi connectivity index (χ3v) is 5.16. The fourth-order valence-corrected chi connectivity index (χ4v) is 3.29. The molecule has 4 rings (SSSR count). The smallest absolute Gasteiger partial charge is 0.257 e. The van der Waals surface area contributed by atoms with Crippen molar-refractivity contribution in [1.29, 1.82) is 0 Å². The molecule has 0 saturated heterocycles. The van der Waals surface area contributed by atoms with Gasteiger partial charge in [-0.05, 0) is 42.8 Å². The average Bonchev–Trinajstić information content (AvgIpc) is 3.20. The molecule has 0 aliphatic heterocycles. The molecule has 172 valence electrons. The van der Waals surface area contributed by atoms with Crippen LogP contribution in [0.1, 0.15) is 26.3 Å². The number of halogens is 2. The highest BCUT2D eigenvalue weighted by molar-refractivity contribution is 6.07. The van der Waals surface area contributed by atoms with Gasteiger partial charge in [0.1, 0.15) is 23.1 Å². The number of hydrogen-bond donors (Lipinski definition) is 2. The maximum atomic E-state index is 14.2. The zero-order valence-corrected chi connectivity index (χ0v) is 18.2. The van der Waals surface area contributed by atoms with Crippen molar-refractivity contribution in [1.82, 2.24) is 14.3 Å². The third-order valence-electron chi connectivity index (χ3n) is 5.16. The molecule has 4 aromatic rings. The highest BCUT2D eigenvalue weighted by Gasteiger charge is 2.16. The van der Waals surface area contributed by atoms with Crippen molar-refractivity contribution >= 4 is 23.3 Å². The van der Waals surface area contributed by atoms with Crippen molar-refractivity contribution < 1.29 is 18.4 Å². The molecule has 0 aliphatic rings. The monoisotopic (exact) mass is 463 g/mol. The van der Waals surface area contributed by atoms with E-state index in [0.717, 1.165) is 29.0 Å². The van der Waals surface area contributed by atoms with Crippen LogP contribution in [-0.4, -0.2) is 26.2 Å². The van der Waals surface area contributed by atoms with E-state index in [2.05, 4.69) is 15.7 Å². The lowest BCUT2D eigenvalue weighted by Crippen LogP contribution is -2.22. The molecular formula is C24H19F2N5O3. The van der Waals surface area contributed by atoms with Crippen LogP contribution < -0.4 is 16.2 Å². The lowest BCUT2D eigenvalue weighted by Gasteiger charge is -2.13. The molecule has 2 heterocycles. The quantitative estimate of drug-likeness (QED) is 0.472. The SMILES string of the molecule is Cc1ccc(C(=O)Nc2ccnn2C)cc1NC(=O)c1ccc(=O)n(-c2c(F)cccc2F)c1. The van der Waals surface area contributed by atoms with Gasteiger partial charge in [0.05, 0.1) is 11.8 Å². The summed E-state index contributed by atoms with van der Waals surface area (Å²) in [6, 6.07) is 11.9. The fourth-order valence-electron chi connectivity index (χ4n) is 3.29. The number of hydrogen-bond acceptors (Lipinski definition) is 4. The number of rotatable bonds is 5. The molecule has 0 aliphatic carbocycles. The number of nitrogens with zero attached hydrogens (tertiary/aromatic N) is 3. The summed E-state index contributed by atoms with van der Waals surface area (Å²) in [5.74, 6) is -2.41. The summed E-state index contributed by atoms with van der Waals surface area (Å²) >= 11 is 0. The molecule has 2 amide bonds. The summed E-state index contributed by atoms with van der Waals surface area (Å²) in [7, 11) is 1.68. The molecule has 34 heavy (non-hydrogen) atoms. The van der Waals surface area contributed by atoms with E-state index in [-0.39, 0.29) is 5.56 Å². The Morgan fingerprint density at radius 1 is 0.912 bits per heavy atom. The molecule has 0 spiro atoms. The van der Waals surface area contributed by atoms with Crippen LogP contribution in [0.2, 0.25) is 0 Å². The average molecular weight is 463 g/mol. The van der Waals surface area contributed by atoms with Gasteiger partial charge in [0, 0.05) is 36.6 Å². The van der Waals surface area contributed by atoms with Gasteiger partial charge in [-0.3, -0.25) is 23.6 Å². The van der Waals surface area contributed by atoms with Crippen LogP contribution in [-0.2, 0) is 7.05 Å². The van der Waals surface area contributed by atoms with Crippen LogP contribution in [0.15, 0.2) is 71.8 Å². The first kappa shape index (κ1) is 22.6. The van der Waals surface area contributed by atoms with E-state index in [1.54, 1.807) is 38.4 Å². The van der Waals surface area contributed by atoms with E-state index in [9.17, 15) is 23.2 Å². The van der Waals surface area contributed by atoms with E-state index in [0.29, 0.717) is 22.6 Å². The van der Waals surface area contributed by atoms with Gasteiger partial charge in [-0.1, -0.05) is 12.1 Å². The molecule has 8 nitrogen and oxygen atoms in total. The first-order valence-corrected chi connectivity index (χ1v) is 10.1. The van der Waals surface area contributed by atoms with Gasteiger partial charge >= 0.3 is 0 Å². The third kappa shape index (κ3) is 4.46. The number of pyridine rings is 1. The van der Waals surface area contributed by atoms with Crippen LogP contribution in [0.4, 0.5) is 20.3 Å². The van der Waals surface area contributed by atoms with Crippen molar-refractivity contribution in [2.45, 2.75) is 6.92 Å². The summed E-state index contributed by atoms with van der Waals surface area (Å²) in [6.07, 6.45) is 2.61. The summed E-state index contributed by atoms with van der Waals surface area (Å²) in [6.45, 7) is 1.74. The summed E-state index contributed by atoms with van der Waals surface area (Å²) < 4.78 is 30.6. The largest absolute Gasteiger partial charge is 0.322 e. The lowest BCUT2D eigenvalue weighted by atomic mass is 10.1. The lowest BCUT2D eigenvalue weighted by molar-refractivity contribution is 0.101. The molecule has 0 radical (unpaired) electrons. The van der Waals surface area contributed by atoms with Crippen LogP contribution in [0.3, 0.4) is 0 Å². The summed E-state index contributed by atoms with van der Waals surface area (Å²) in [5, 5.41) is 9.39. The van der Waals surface area contributed by atoms with Gasteiger partial charge in [0.25, 0.3) is 17.4 Å². The van der Waals surface area contributed by atoms with Crippen LogP contribution in [0, 0.1) is 18.6 Å². The molecule has 0 fully saturated rings. The Morgan fingerprint density at radius 2 is 1.59 bits per heavy atom. The second kappa shape index (κ2) is 9.10. The minimum atomic E-state index is -0.942. The van der Waals surface area contributed by atoms with Gasteiger partial charge in [-0.15, -0.1) is 0 Å². The number of aromatic nitrogens is 3. The maximum Gasteiger partial charge on any atom is 0.257 e. The minimum Gasteiger partial charge on any atom is -0.322 e. The topological polar surface area (TPSA) is 98.0 Å². The Labute approximate surface area is 192 Å². The van der Waals surface area contributed by atoms with E-state index in [4.69, 9.17) is 0 Å². The maximum absolute atomic E-state index is 14.2. The Hall–Kier alpha value is -4.60. The van der Waals surface area contributed by atoms with Gasteiger partial charge in [0.15, 0.2) is 0 Å². The number of aryl methyl sites for hydroxylation is 2. The van der Waals surface area contributed by atoms with Crippen molar-refractivity contribution in [3.63, 3.8) is 0 Å². The highest BCUT2D eigenvalue weighted by atomic mass is 19.1. The van der Waals surface area contributed by atoms with Crippen molar-refractivity contribution in [3.8, 4) is 5.69 Å². The number of carbonyl (C=O) groups excluding carboxylic acids is 2. The van der Waals surface area contributed by atoms with Gasteiger partial charge in [0.2, 0.25) is 0 Å². The molecular weight excluding hydrogens is 444 g/mol. The molecule has 2 aromatic carbocycles. The molecule has 2 aromatic heterocycles. The van der Waals surface area contributed by atoms with Gasteiger partial charge < -0.3 is 10.6 Å². The van der Waals surface area contributed by atoms with Crippen molar-refractivity contribution in [2.24, 2.45) is 7.05 Å². The number of nitrogens with one attached hydrogen (secondary N) is 2. The first-order valence-electron chi connectivity index (χ1n) is 10.1. The first-order chi connectivity index (χ1) is 16.2. The van der Waals surface area contributed by atoms with Crippen LogP contribution >= 0.6 is 0 Å². The van der Waals surface area contributed by atoms with Crippen molar-refractivity contribution in [3.05, 3.63) is 106 Å². The molecule has 0 unspecified atom stereocenters. The number of benzene rings is 2. The number of amides is 2. The van der Waals surface area contributed by atoms with Crippen LogP contribution in [0.25, 0.3) is 5.69 Å². The highest BCUT2D eigenvalue weighted by Crippen LogP contribution is 2.20. The zero-order chi connectivity index (χ0) is 24.4. The van der Waals surface area contributed by atoms with E-state index in [1.165, 1.54) is 22.9 Å². The second-order valence-electron chi connectivity index (χ2n) is 7.47. The predicted molar refractivity (Wildman–Crippen MR) is 122 cm³/mol. The Balaban J connectivity index is 1.61. The standard InChI is InChI=1S/C24H19F2N5O3/c1-14-6-7-15(23(33)29-20-10-11-27-30(20)2)12-19(14)28-24(34)16-8-9-21(32)31(13-16)22-17(25)4-3-5-18(22)26/h3-13H,1-2H3,(H,28,34)(H,29,33). The van der Waals surface area contributed by atoms with E-state index >= 15 is 0 Å². The van der Waals surface area contributed by atoms with Crippen molar-refractivity contribution in [2.75, 3.05) is 10.6 Å². The second-order valence-corrected chi connectivity index (χ2v) is 7.47. The predicted octanol–water partition coefficient (Wildman–Crippen LogP) is 3.66. The normalized spacial score (nSPS) is 10.7. The molecule has 0 bridgehead atoms. The van der Waals surface area contributed by atoms with E-state index in [1.807, 2.05) is 0 Å². The zero-order valence-electron chi connectivity index (χ0n) is 18.2. The molecule has 10 heteroatoms. The number of carbonyl (C=O) groups is 2. The summed E-state index contributed by atoms with van der Waals surface area (Å²) in [4.78, 5) is 37.7. The minimum absolute atomic E-state index is 0.00797. The van der Waals surface area contributed by atoms with Crippen LogP contribution in [0.5, 0.6) is 0 Å². The number of para-hydroxylation sites is 1. The van der Waals surface area contributed by atoms with Gasteiger partial charge in [-0.2, -0.15) is 5.10 Å². The Kier molecular flexibility index (Phi) is 6.05. The molecule has 0 saturated carbocycles. The number of anilines is 2. The Bertz CT molecular complexity index is 1460.